The van der Waals surface area contributed by atoms with Crippen molar-refractivity contribution in [2.24, 2.45) is 0 Å². The molecule has 2 heterocycles. The fourth-order valence-corrected chi connectivity index (χ4v) is 2.91. The van der Waals surface area contributed by atoms with E-state index in [1.165, 1.54) is 19.2 Å². The summed E-state index contributed by atoms with van der Waals surface area (Å²) in [7, 11) is 1.38. The lowest BCUT2D eigenvalue weighted by Crippen LogP contribution is -2.25. The Balaban J connectivity index is 1.84. The maximum Gasteiger partial charge on any atom is 0.286 e. The van der Waals surface area contributed by atoms with Crippen LogP contribution in [0, 0.1) is 10.1 Å². The molecule has 0 radical (unpaired) electrons. The molecule has 2 aromatic rings. The Kier molecular flexibility index (Phi) is 5.01. The number of nitro groups is 1. The third-order valence-electron chi connectivity index (χ3n) is 4.12. The van der Waals surface area contributed by atoms with Crippen molar-refractivity contribution in [3.63, 3.8) is 0 Å². The lowest BCUT2D eigenvalue weighted by molar-refractivity contribution is -0.385. The number of benzene rings is 1. The molecule has 0 atom stereocenters. The molecule has 10 nitrogen and oxygen atoms in total. The first-order chi connectivity index (χ1) is 12.5. The number of carbonyl (C=O) groups is 1. The van der Waals surface area contributed by atoms with Gasteiger partial charge in [-0.2, -0.15) is 0 Å². The van der Waals surface area contributed by atoms with E-state index in [-0.39, 0.29) is 29.3 Å². The third kappa shape index (κ3) is 3.30. The zero-order valence-corrected chi connectivity index (χ0v) is 14.5. The van der Waals surface area contributed by atoms with E-state index in [0.717, 1.165) is 25.2 Å². The third-order valence-corrected chi connectivity index (χ3v) is 4.12. The fourth-order valence-electron chi connectivity index (χ4n) is 2.91. The first kappa shape index (κ1) is 17.6. The second-order valence-corrected chi connectivity index (χ2v) is 5.68. The minimum absolute atomic E-state index is 0.0968. The second-order valence-electron chi connectivity index (χ2n) is 5.68. The molecule has 1 aliphatic rings. The van der Waals surface area contributed by atoms with E-state index < -0.39 is 10.8 Å². The highest BCUT2D eigenvalue weighted by atomic mass is 16.6. The van der Waals surface area contributed by atoms with Crippen LogP contribution < -0.4 is 14.8 Å². The number of fused-ring (bicyclic) bond motifs is 1. The van der Waals surface area contributed by atoms with E-state index in [1.807, 2.05) is 4.57 Å². The molecular weight excluding hydrogens is 342 g/mol. The van der Waals surface area contributed by atoms with Crippen LogP contribution in [0.4, 0.5) is 5.69 Å². The summed E-state index contributed by atoms with van der Waals surface area (Å²) in [5.41, 5.74) is -0.449. The predicted molar refractivity (Wildman–Crippen MR) is 90.3 cm³/mol. The molecule has 0 aliphatic carbocycles. The van der Waals surface area contributed by atoms with Gasteiger partial charge in [-0.05, 0) is 13.3 Å². The monoisotopic (exact) mass is 361 g/mol. The zero-order chi connectivity index (χ0) is 18.7. The molecule has 1 N–H and O–H groups in total. The van der Waals surface area contributed by atoms with Gasteiger partial charge in [-0.15, -0.1) is 10.2 Å². The second kappa shape index (κ2) is 7.38. The summed E-state index contributed by atoms with van der Waals surface area (Å²) < 4.78 is 12.5. The quantitative estimate of drug-likeness (QED) is 0.585. The van der Waals surface area contributed by atoms with Crippen LogP contribution in [0.5, 0.6) is 11.5 Å². The molecule has 0 spiro atoms. The Labute approximate surface area is 149 Å². The number of hydrogen-bond acceptors (Lipinski definition) is 7. The summed E-state index contributed by atoms with van der Waals surface area (Å²) in [6.07, 6.45) is 1.86. The Morgan fingerprint density at radius 2 is 2.19 bits per heavy atom. The largest absolute Gasteiger partial charge is 0.493 e. The van der Waals surface area contributed by atoms with Crippen molar-refractivity contribution >= 4 is 11.6 Å². The number of amides is 1. The molecular formula is C16H19N5O5. The number of methoxy groups -OCH3 is 1. The van der Waals surface area contributed by atoms with Gasteiger partial charge in [0, 0.05) is 19.0 Å². The van der Waals surface area contributed by atoms with Gasteiger partial charge in [0.2, 0.25) is 0 Å². The normalized spacial score (nSPS) is 12.5. The van der Waals surface area contributed by atoms with Gasteiger partial charge in [0.25, 0.3) is 11.6 Å². The molecule has 0 saturated heterocycles. The van der Waals surface area contributed by atoms with Gasteiger partial charge in [0.1, 0.15) is 11.4 Å². The first-order valence-electron chi connectivity index (χ1n) is 8.23. The van der Waals surface area contributed by atoms with Crippen LogP contribution in [-0.2, 0) is 19.5 Å². The van der Waals surface area contributed by atoms with Gasteiger partial charge in [0.05, 0.1) is 31.3 Å². The van der Waals surface area contributed by atoms with E-state index in [0.29, 0.717) is 12.4 Å². The molecule has 1 amide bonds. The molecule has 0 unspecified atom stereocenters. The Morgan fingerprint density at radius 3 is 2.88 bits per heavy atom. The van der Waals surface area contributed by atoms with Gasteiger partial charge in [-0.3, -0.25) is 14.9 Å². The number of aryl methyl sites for hydroxylation is 1. The van der Waals surface area contributed by atoms with E-state index >= 15 is 0 Å². The number of rotatable bonds is 7. The molecule has 0 saturated carbocycles. The van der Waals surface area contributed by atoms with Crippen LogP contribution in [0.25, 0.3) is 0 Å². The van der Waals surface area contributed by atoms with Crippen LogP contribution in [0.3, 0.4) is 0 Å². The number of nitrogens with zero attached hydrogens (tertiary/aromatic N) is 4. The van der Waals surface area contributed by atoms with Crippen LogP contribution >= 0.6 is 0 Å². The van der Waals surface area contributed by atoms with Crippen molar-refractivity contribution in [1.82, 2.24) is 20.1 Å². The number of nitrogens with one attached hydrogen (secondary N) is 1. The van der Waals surface area contributed by atoms with Gasteiger partial charge in [0.15, 0.2) is 17.3 Å². The molecule has 26 heavy (non-hydrogen) atoms. The topological polar surface area (TPSA) is 121 Å². The average Bonchev–Trinajstić information content (AvgIpc) is 3.23. The Hall–Kier alpha value is -3.17. The fraction of sp³-hybridized carbons (Fsp3) is 0.438. The van der Waals surface area contributed by atoms with Gasteiger partial charge < -0.3 is 19.4 Å². The minimum Gasteiger partial charge on any atom is -0.493 e. The van der Waals surface area contributed by atoms with Crippen molar-refractivity contribution in [3.05, 3.63) is 39.5 Å². The lowest BCUT2D eigenvalue weighted by atomic mass is 10.1. The highest BCUT2D eigenvalue weighted by molar-refractivity contribution is 5.99. The molecule has 1 aromatic carbocycles. The van der Waals surface area contributed by atoms with Crippen LogP contribution in [0.15, 0.2) is 12.1 Å². The number of carbonyl (C=O) groups excluding carboxylic acids is 1. The molecule has 0 fully saturated rings. The minimum atomic E-state index is -0.623. The van der Waals surface area contributed by atoms with Crippen LogP contribution in [-0.4, -0.2) is 39.3 Å². The molecule has 3 rings (SSSR count). The van der Waals surface area contributed by atoms with Gasteiger partial charge >= 0.3 is 0 Å². The molecule has 0 bridgehead atoms. The lowest BCUT2D eigenvalue weighted by Gasteiger charge is -2.12. The summed E-state index contributed by atoms with van der Waals surface area (Å²) in [5.74, 6) is 1.41. The standard InChI is InChI=1S/C16H19N5O5/c1-3-26-13-7-10(11(21(23)24)8-12(13)25-2)16(22)17-9-15-19-18-14-5-4-6-20(14)15/h7-8H,3-6,9H2,1-2H3,(H,17,22). The average molecular weight is 361 g/mol. The zero-order valence-electron chi connectivity index (χ0n) is 14.5. The number of aromatic nitrogens is 3. The number of ether oxygens (including phenoxy) is 2. The molecule has 10 heteroatoms. The number of nitro benzene ring substituents is 1. The van der Waals surface area contributed by atoms with Gasteiger partial charge in [-0.1, -0.05) is 0 Å². The first-order valence-corrected chi connectivity index (χ1v) is 8.23. The van der Waals surface area contributed by atoms with E-state index in [1.54, 1.807) is 6.92 Å². The van der Waals surface area contributed by atoms with Crippen molar-refractivity contribution in [1.29, 1.82) is 0 Å². The summed E-state index contributed by atoms with van der Waals surface area (Å²) in [4.78, 5) is 23.3. The van der Waals surface area contributed by atoms with E-state index in [9.17, 15) is 14.9 Å². The van der Waals surface area contributed by atoms with E-state index in [4.69, 9.17) is 9.47 Å². The van der Waals surface area contributed by atoms with Crippen molar-refractivity contribution in [3.8, 4) is 11.5 Å². The van der Waals surface area contributed by atoms with E-state index in [2.05, 4.69) is 15.5 Å². The van der Waals surface area contributed by atoms with Crippen molar-refractivity contribution in [2.75, 3.05) is 13.7 Å². The maximum atomic E-state index is 12.6. The molecule has 1 aromatic heterocycles. The molecule has 138 valence electrons. The van der Waals surface area contributed by atoms with Crippen LogP contribution in [0.2, 0.25) is 0 Å². The number of hydrogen-bond donors (Lipinski definition) is 1. The maximum absolute atomic E-state index is 12.6. The van der Waals surface area contributed by atoms with Crippen molar-refractivity contribution < 1.29 is 19.2 Å². The summed E-state index contributed by atoms with van der Waals surface area (Å²) >= 11 is 0. The Morgan fingerprint density at radius 1 is 1.38 bits per heavy atom. The van der Waals surface area contributed by atoms with Crippen LogP contribution in [0.1, 0.15) is 35.4 Å². The predicted octanol–water partition coefficient (Wildman–Crippen LogP) is 1.47. The summed E-state index contributed by atoms with van der Waals surface area (Å²) in [6.45, 7) is 3.05. The van der Waals surface area contributed by atoms with Crippen molar-refractivity contribution in [2.45, 2.75) is 32.9 Å². The summed E-state index contributed by atoms with van der Waals surface area (Å²) in [6, 6.07) is 2.51. The highest BCUT2D eigenvalue weighted by Crippen LogP contribution is 2.34. The summed E-state index contributed by atoms with van der Waals surface area (Å²) in [5, 5.41) is 22.1. The SMILES string of the molecule is CCOc1cc(C(=O)NCc2nnc3n2CCC3)c([N+](=O)[O-])cc1OC. The van der Waals surface area contributed by atoms with Gasteiger partial charge in [-0.25, -0.2) is 0 Å². The highest BCUT2D eigenvalue weighted by Gasteiger charge is 2.25. The molecule has 1 aliphatic heterocycles. The Bertz CT molecular complexity index is 848. The smallest absolute Gasteiger partial charge is 0.286 e.